The highest BCUT2D eigenvalue weighted by Crippen LogP contribution is 2.30. The van der Waals surface area contributed by atoms with Gasteiger partial charge in [0.2, 0.25) is 17.7 Å². The second-order valence-corrected chi connectivity index (χ2v) is 13.5. The lowest BCUT2D eigenvalue weighted by Crippen LogP contribution is -2.55. The van der Waals surface area contributed by atoms with Crippen LogP contribution in [0.25, 0.3) is 0 Å². The van der Waals surface area contributed by atoms with Crippen LogP contribution in [-0.2, 0) is 43.4 Å². The van der Waals surface area contributed by atoms with Crippen molar-refractivity contribution in [3.8, 4) is 0 Å². The summed E-state index contributed by atoms with van der Waals surface area (Å²) in [5.41, 5.74) is 8.89. The molecule has 11 nitrogen and oxygen atoms in total. The molecule has 5 amide bonds. The standard InChI is InChI=1S/C38H44BrN5O6/c1-25(2)21-31(43-38(49)50-24-27-11-7-4-8-12-27)37(48)42-32(22-26-9-5-3-6-10-26)36(47)41-30(14-17-34(40)45)15-18-35(46)44-20-19-28-23-29(39)13-16-33(28)44/h3-13,15-16,18,23,25,30-32H,14,17,19-22,24H2,1-2H3,(H2,40,45)(H,41,47)(H,42,48)(H,43,49)/b18-15+/t30-,31-,32-/m0/s1. The van der Waals surface area contributed by atoms with E-state index in [-0.39, 0.29) is 37.7 Å². The van der Waals surface area contributed by atoms with Crippen LogP contribution in [0.3, 0.4) is 0 Å². The van der Waals surface area contributed by atoms with Gasteiger partial charge < -0.3 is 31.3 Å². The molecule has 264 valence electrons. The minimum Gasteiger partial charge on any atom is -0.445 e. The van der Waals surface area contributed by atoms with Crippen molar-refractivity contribution in [2.75, 3.05) is 11.4 Å². The number of hydrogen-bond donors (Lipinski definition) is 4. The summed E-state index contributed by atoms with van der Waals surface area (Å²) < 4.78 is 6.29. The molecule has 3 atom stereocenters. The van der Waals surface area contributed by atoms with E-state index < -0.39 is 41.9 Å². The zero-order valence-corrected chi connectivity index (χ0v) is 29.9. The van der Waals surface area contributed by atoms with E-state index >= 15 is 0 Å². The van der Waals surface area contributed by atoms with E-state index in [4.69, 9.17) is 10.5 Å². The first kappa shape index (κ1) is 37.8. The van der Waals surface area contributed by atoms with Crippen molar-refractivity contribution in [3.05, 3.63) is 112 Å². The molecule has 0 unspecified atom stereocenters. The number of carbonyl (C=O) groups is 5. The van der Waals surface area contributed by atoms with Gasteiger partial charge in [0.05, 0.1) is 0 Å². The van der Waals surface area contributed by atoms with Crippen molar-refractivity contribution in [1.29, 1.82) is 0 Å². The Hall–Kier alpha value is -4.97. The minimum atomic E-state index is -1.05. The van der Waals surface area contributed by atoms with Gasteiger partial charge in [0.25, 0.3) is 5.91 Å². The van der Waals surface area contributed by atoms with Gasteiger partial charge in [-0.2, -0.15) is 0 Å². The number of primary amides is 1. The lowest BCUT2D eigenvalue weighted by molar-refractivity contribution is -0.130. The largest absolute Gasteiger partial charge is 0.445 e. The predicted molar refractivity (Wildman–Crippen MR) is 195 cm³/mol. The van der Waals surface area contributed by atoms with Gasteiger partial charge in [0.1, 0.15) is 18.7 Å². The van der Waals surface area contributed by atoms with Crippen LogP contribution in [0, 0.1) is 5.92 Å². The van der Waals surface area contributed by atoms with Gasteiger partial charge in [-0.25, -0.2) is 4.79 Å². The Labute approximate surface area is 301 Å². The number of nitrogens with one attached hydrogen (secondary N) is 3. The Balaban J connectivity index is 1.48. The molecule has 3 aromatic carbocycles. The number of ether oxygens (including phenoxy) is 1. The quantitative estimate of drug-likeness (QED) is 0.155. The maximum absolute atomic E-state index is 13.9. The fourth-order valence-electron chi connectivity index (χ4n) is 5.63. The molecule has 1 heterocycles. The molecule has 4 rings (SSSR count). The first-order chi connectivity index (χ1) is 24.0. The molecule has 0 bridgehead atoms. The third-order valence-electron chi connectivity index (χ3n) is 8.15. The van der Waals surface area contributed by atoms with Crippen LogP contribution in [0.2, 0.25) is 0 Å². The Bertz CT molecular complexity index is 1670. The van der Waals surface area contributed by atoms with Gasteiger partial charge in [0, 0.05) is 41.7 Å². The Kier molecular flexibility index (Phi) is 14.2. The van der Waals surface area contributed by atoms with Gasteiger partial charge >= 0.3 is 6.09 Å². The number of alkyl carbamates (subject to hydrolysis) is 1. The molecular weight excluding hydrogens is 702 g/mol. The van der Waals surface area contributed by atoms with Crippen LogP contribution < -0.4 is 26.6 Å². The molecule has 0 saturated heterocycles. The maximum atomic E-state index is 13.9. The number of nitrogens with zero attached hydrogens (tertiary/aromatic N) is 1. The molecule has 0 aliphatic carbocycles. The Morgan fingerprint density at radius 3 is 2.20 bits per heavy atom. The van der Waals surface area contributed by atoms with E-state index in [9.17, 15) is 24.0 Å². The third-order valence-corrected chi connectivity index (χ3v) is 8.64. The molecule has 5 N–H and O–H groups in total. The normalized spacial score (nSPS) is 14.0. The summed E-state index contributed by atoms with van der Waals surface area (Å²) in [6.07, 6.45) is 3.45. The predicted octanol–water partition coefficient (Wildman–Crippen LogP) is 4.71. The first-order valence-corrected chi connectivity index (χ1v) is 17.5. The number of amides is 5. The van der Waals surface area contributed by atoms with Crippen LogP contribution in [0.5, 0.6) is 0 Å². The number of hydrogen-bond acceptors (Lipinski definition) is 6. The maximum Gasteiger partial charge on any atom is 0.408 e. The van der Waals surface area contributed by atoms with Gasteiger partial charge in [-0.15, -0.1) is 0 Å². The summed E-state index contributed by atoms with van der Waals surface area (Å²) in [4.78, 5) is 66.9. The smallest absolute Gasteiger partial charge is 0.408 e. The van der Waals surface area contributed by atoms with Crippen LogP contribution in [0.15, 0.2) is 95.5 Å². The third kappa shape index (κ3) is 11.9. The molecule has 0 fully saturated rings. The molecule has 1 aliphatic rings. The highest BCUT2D eigenvalue weighted by Gasteiger charge is 2.29. The van der Waals surface area contributed by atoms with Crippen molar-refractivity contribution < 1.29 is 28.7 Å². The van der Waals surface area contributed by atoms with E-state index in [1.54, 1.807) is 11.0 Å². The van der Waals surface area contributed by atoms with Crippen LogP contribution in [-0.4, -0.2) is 54.4 Å². The SMILES string of the molecule is CC(C)C[C@H](NC(=O)OCc1ccccc1)C(=O)N[C@@H](Cc1ccccc1)C(=O)N[C@H](/C=C/C(=O)N1CCc2cc(Br)ccc21)CCC(N)=O. The first-order valence-electron chi connectivity index (χ1n) is 16.7. The number of benzene rings is 3. The summed E-state index contributed by atoms with van der Waals surface area (Å²) in [5, 5.41) is 8.38. The zero-order chi connectivity index (χ0) is 36.0. The van der Waals surface area contributed by atoms with E-state index in [1.807, 2.05) is 92.7 Å². The van der Waals surface area contributed by atoms with Crippen molar-refractivity contribution in [2.24, 2.45) is 11.7 Å². The lowest BCUT2D eigenvalue weighted by Gasteiger charge is -2.25. The van der Waals surface area contributed by atoms with Gasteiger partial charge in [-0.1, -0.05) is 96.5 Å². The Morgan fingerprint density at radius 2 is 1.54 bits per heavy atom. The van der Waals surface area contributed by atoms with Crippen molar-refractivity contribution in [1.82, 2.24) is 16.0 Å². The van der Waals surface area contributed by atoms with E-state index in [1.165, 1.54) is 6.08 Å². The lowest BCUT2D eigenvalue weighted by atomic mass is 10.0. The van der Waals surface area contributed by atoms with Crippen LogP contribution >= 0.6 is 15.9 Å². The summed E-state index contributed by atoms with van der Waals surface area (Å²) in [6, 6.07) is 21.3. The number of carbonyl (C=O) groups excluding carboxylic acids is 5. The van der Waals surface area contributed by atoms with Gasteiger partial charge in [0.15, 0.2) is 0 Å². The summed E-state index contributed by atoms with van der Waals surface area (Å²) >= 11 is 3.47. The second-order valence-electron chi connectivity index (χ2n) is 12.6. The fraction of sp³-hybridized carbons (Fsp3) is 0.342. The molecule has 1 aliphatic heterocycles. The highest BCUT2D eigenvalue weighted by molar-refractivity contribution is 9.10. The topological polar surface area (TPSA) is 160 Å². The summed E-state index contributed by atoms with van der Waals surface area (Å²) in [6.45, 7) is 4.39. The monoisotopic (exact) mass is 745 g/mol. The molecule has 3 aromatic rings. The summed E-state index contributed by atoms with van der Waals surface area (Å²) in [7, 11) is 0. The molecule has 0 saturated carbocycles. The van der Waals surface area contributed by atoms with Crippen molar-refractivity contribution >= 4 is 51.3 Å². The van der Waals surface area contributed by atoms with Crippen molar-refractivity contribution in [2.45, 2.75) is 70.7 Å². The van der Waals surface area contributed by atoms with E-state index in [0.717, 1.165) is 26.9 Å². The van der Waals surface area contributed by atoms with Crippen LogP contribution in [0.1, 0.15) is 49.8 Å². The molecule has 0 spiro atoms. The molecule has 12 heteroatoms. The highest BCUT2D eigenvalue weighted by atomic mass is 79.9. The minimum absolute atomic E-state index is 0.0338. The molecule has 50 heavy (non-hydrogen) atoms. The average Bonchev–Trinajstić information content (AvgIpc) is 3.51. The molecular formula is C38H44BrN5O6. The number of halogens is 1. The zero-order valence-electron chi connectivity index (χ0n) is 28.3. The average molecular weight is 747 g/mol. The Morgan fingerprint density at radius 1 is 0.880 bits per heavy atom. The van der Waals surface area contributed by atoms with Gasteiger partial charge in [-0.3, -0.25) is 19.2 Å². The fourth-order valence-corrected chi connectivity index (χ4v) is 6.04. The number of anilines is 1. The van der Waals surface area contributed by atoms with Crippen LogP contribution in [0.4, 0.5) is 10.5 Å². The van der Waals surface area contributed by atoms with E-state index in [0.29, 0.717) is 19.4 Å². The molecule has 0 aromatic heterocycles. The second kappa shape index (κ2) is 18.7. The number of rotatable bonds is 16. The van der Waals surface area contributed by atoms with E-state index in [2.05, 4.69) is 31.9 Å². The summed E-state index contributed by atoms with van der Waals surface area (Å²) in [5.74, 6) is -1.86. The van der Waals surface area contributed by atoms with Gasteiger partial charge in [-0.05, 0) is 60.1 Å². The van der Waals surface area contributed by atoms with Crippen molar-refractivity contribution in [3.63, 3.8) is 0 Å². The molecule has 0 radical (unpaired) electrons. The number of fused-ring (bicyclic) bond motifs is 1. The number of nitrogens with two attached hydrogens (primary N) is 1.